The van der Waals surface area contributed by atoms with Gasteiger partial charge < -0.3 is 9.84 Å². The van der Waals surface area contributed by atoms with E-state index in [9.17, 15) is 5.11 Å². The van der Waals surface area contributed by atoms with Crippen LogP contribution in [0.3, 0.4) is 0 Å². The van der Waals surface area contributed by atoms with Gasteiger partial charge in [0.25, 0.3) is 0 Å². The fraction of sp³-hybridized carbons (Fsp3) is 0.462. The Balaban J connectivity index is 2.56. The van der Waals surface area contributed by atoms with Crippen molar-refractivity contribution >= 4 is 11.6 Å². The molecule has 2 heterocycles. The smallest absolute Gasteiger partial charge is 0.238 e. The first-order valence-corrected chi connectivity index (χ1v) is 6.60. The highest BCUT2D eigenvalue weighted by Crippen LogP contribution is 2.35. The second-order valence-corrected chi connectivity index (χ2v) is 5.08. The maximum Gasteiger partial charge on any atom is 0.238 e. The molecule has 0 saturated heterocycles. The number of aryl methyl sites for hydroxylation is 1. The zero-order valence-corrected chi connectivity index (χ0v) is 12.6. The van der Waals surface area contributed by atoms with Gasteiger partial charge in [0.1, 0.15) is 17.0 Å². The molecule has 0 radical (unpaired) electrons. The average molecular weight is 297 g/mol. The Hall–Kier alpha value is -1.66. The molecule has 0 aliphatic rings. The van der Waals surface area contributed by atoms with Crippen LogP contribution in [-0.2, 0) is 7.05 Å². The van der Waals surface area contributed by atoms with Crippen LogP contribution < -0.4 is 4.74 Å². The topological polar surface area (TPSA) is 73.1 Å². The molecule has 7 heteroatoms. The molecule has 2 rings (SSSR count). The van der Waals surface area contributed by atoms with E-state index in [4.69, 9.17) is 16.3 Å². The second kappa shape index (κ2) is 5.76. The number of aromatic nitrogens is 4. The van der Waals surface area contributed by atoms with Gasteiger partial charge in [-0.15, -0.1) is 0 Å². The molecule has 1 atom stereocenters. The number of rotatable bonds is 4. The SMILES string of the molecule is COc1nccnc1C(O)c1c(C(C)C)nn(C)c1Cl. The number of aliphatic hydroxyl groups excluding tert-OH is 1. The Morgan fingerprint density at radius 2 is 1.90 bits per heavy atom. The van der Waals surface area contributed by atoms with E-state index in [1.807, 2.05) is 13.8 Å². The second-order valence-electron chi connectivity index (χ2n) is 4.72. The largest absolute Gasteiger partial charge is 0.480 e. The monoisotopic (exact) mass is 296 g/mol. The van der Waals surface area contributed by atoms with Crippen molar-refractivity contribution in [3.63, 3.8) is 0 Å². The van der Waals surface area contributed by atoms with Crippen LogP contribution >= 0.6 is 11.6 Å². The summed E-state index contributed by atoms with van der Waals surface area (Å²) < 4.78 is 6.67. The quantitative estimate of drug-likeness (QED) is 0.935. The Labute approximate surface area is 122 Å². The maximum atomic E-state index is 10.6. The predicted octanol–water partition coefficient (Wildman–Crippen LogP) is 2.08. The summed E-state index contributed by atoms with van der Waals surface area (Å²) in [6.45, 7) is 3.98. The van der Waals surface area contributed by atoms with Crippen molar-refractivity contribution in [3.8, 4) is 5.88 Å². The van der Waals surface area contributed by atoms with Crippen LogP contribution in [0, 0.1) is 0 Å². The first-order chi connectivity index (χ1) is 9.47. The molecule has 1 N–H and O–H groups in total. The fourth-order valence-electron chi connectivity index (χ4n) is 2.04. The number of aliphatic hydroxyl groups is 1. The highest BCUT2D eigenvalue weighted by Gasteiger charge is 2.28. The number of nitrogens with zero attached hydrogens (tertiary/aromatic N) is 4. The van der Waals surface area contributed by atoms with Gasteiger partial charge in [0, 0.05) is 25.0 Å². The molecule has 1 unspecified atom stereocenters. The third-order valence-electron chi connectivity index (χ3n) is 3.00. The summed E-state index contributed by atoms with van der Waals surface area (Å²) in [4.78, 5) is 8.18. The minimum absolute atomic E-state index is 0.126. The minimum atomic E-state index is -1.03. The molecule has 2 aromatic heterocycles. The molecule has 0 amide bonds. The van der Waals surface area contributed by atoms with Gasteiger partial charge in [-0.1, -0.05) is 25.4 Å². The van der Waals surface area contributed by atoms with Crippen molar-refractivity contribution in [1.82, 2.24) is 19.7 Å². The molecule has 6 nitrogen and oxygen atoms in total. The number of methoxy groups -OCH3 is 1. The normalized spacial score (nSPS) is 12.8. The summed E-state index contributed by atoms with van der Waals surface area (Å²) in [5, 5.41) is 15.3. The van der Waals surface area contributed by atoms with Gasteiger partial charge in [-0.05, 0) is 5.92 Å². The van der Waals surface area contributed by atoms with Crippen molar-refractivity contribution in [2.75, 3.05) is 7.11 Å². The number of halogens is 1. The molecule has 108 valence electrons. The van der Waals surface area contributed by atoms with Crippen LogP contribution in [0.4, 0.5) is 0 Å². The zero-order chi connectivity index (χ0) is 14.9. The van der Waals surface area contributed by atoms with Crippen LogP contribution in [0.5, 0.6) is 5.88 Å². The first-order valence-electron chi connectivity index (χ1n) is 6.22. The molecule has 2 aromatic rings. The number of ether oxygens (including phenoxy) is 1. The van der Waals surface area contributed by atoms with E-state index < -0.39 is 6.10 Å². The van der Waals surface area contributed by atoms with E-state index in [2.05, 4.69) is 15.1 Å². The van der Waals surface area contributed by atoms with E-state index in [0.29, 0.717) is 16.4 Å². The van der Waals surface area contributed by atoms with Gasteiger partial charge in [-0.3, -0.25) is 9.67 Å². The van der Waals surface area contributed by atoms with E-state index in [0.717, 1.165) is 5.69 Å². The summed E-state index contributed by atoms with van der Waals surface area (Å²) >= 11 is 6.25. The van der Waals surface area contributed by atoms with Crippen LogP contribution in [0.1, 0.15) is 42.8 Å². The van der Waals surface area contributed by atoms with Crippen LogP contribution in [0.25, 0.3) is 0 Å². The standard InChI is InChI=1S/C13H17ClN4O2/c1-7(2)9-8(12(14)18(3)17-9)11(19)10-13(20-4)16-6-5-15-10/h5-7,11,19H,1-4H3. The molecule has 0 bridgehead atoms. The van der Waals surface area contributed by atoms with Crippen molar-refractivity contribution < 1.29 is 9.84 Å². The molecule has 0 aliphatic carbocycles. The lowest BCUT2D eigenvalue weighted by Gasteiger charge is -2.14. The molecule has 0 aliphatic heterocycles. The number of hydrogen-bond donors (Lipinski definition) is 1. The highest BCUT2D eigenvalue weighted by molar-refractivity contribution is 6.30. The molecule has 0 saturated carbocycles. The lowest BCUT2D eigenvalue weighted by Crippen LogP contribution is -2.08. The molecule has 0 aromatic carbocycles. The summed E-state index contributed by atoms with van der Waals surface area (Å²) in [5.74, 6) is 0.399. The van der Waals surface area contributed by atoms with Crippen molar-refractivity contribution in [3.05, 3.63) is 34.5 Å². The molecule has 20 heavy (non-hydrogen) atoms. The Bertz CT molecular complexity index is 612. The van der Waals surface area contributed by atoms with Crippen molar-refractivity contribution in [1.29, 1.82) is 0 Å². The third-order valence-corrected chi connectivity index (χ3v) is 3.45. The molecular formula is C13H17ClN4O2. The summed E-state index contributed by atoms with van der Waals surface area (Å²) in [7, 11) is 3.22. The van der Waals surface area contributed by atoms with Gasteiger partial charge in [0.15, 0.2) is 0 Å². The lowest BCUT2D eigenvalue weighted by atomic mass is 10.0. The Morgan fingerprint density at radius 3 is 2.50 bits per heavy atom. The van der Waals surface area contributed by atoms with Crippen LogP contribution in [0.15, 0.2) is 12.4 Å². The molecule has 0 spiro atoms. The van der Waals surface area contributed by atoms with Gasteiger partial charge in [0.2, 0.25) is 5.88 Å². The Kier molecular flexibility index (Phi) is 4.25. The average Bonchev–Trinajstić information content (AvgIpc) is 2.74. The van der Waals surface area contributed by atoms with Crippen LogP contribution in [-0.4, -0.2) is 32.0 Å². The van der Waals surface area contributed by atoms with Gasteiger partial charge in [-0.2, -0.15) is 5.10 Å². The summed E-state index contributed by atoms with van der Waals surface area (Å²) in [6.07, 6.45) is 1.97. The van der Waals surface area contributed by atoms with E-state index in [1.165, 1.54) is 24.2 Å². The highest BCUT2D eigenvalue weighted by atomic mass is 35.5. The Morgan fingerprint density at radius 1 is 1.25 bits per heavy atom. The molecule has 0 fully saturated rings. The predicted molar refractivity (Wildman–Crippen MR) is 75.0 cm³/mol. The van der Waals surface area contributed by atoms with E-state index >= 15 is 0 Å². The van der Waals surface area contributed by atoms with Gasteiger partial charge >= 0.3 is 0 Å². The van der Waals surface area contributed by atoms with E-state index in [1.54, 1.807) is 7.05 Å². The van der Waals surface area contributed by atoms with Crippen LogP contribution in [0.2, 0.25) is 5.15 Å². The van der Waals surface area contributed by atoms with Gasteiger partial charge in [0.05, 0.1) is 12.8 Å². The van der Waals surface area contributed by atoms with Gasteiger partial charge in [-0.25, -0.2) is 4.98 Å². The first kappa shape index (κ1) is 14.7. The third kappa shape index (κ3) is 2.48. The van der Waals surface area contributed by atoms with Crippen molar-refractivity contribution in [2.24, 2.45) is 7.05 Å². The fourth-order valence-corrected chi connectivity index (χ4v) is 2.27. The zero-order valence-electron chi connectivity index (χ0n) is 11.8. The number of hydrogen-bond acceptors (Lipinski definition) is 5. The maximum absolute atomic E-state index is 10.6. The van der Waals surface area contributed by atoms with E-state index in [-0.39, 0.29) is 11.8 Å². The molecular weight excluding hydrogens is 280 g/mol. The lowest BCUT2D eigenvalue weighted by molar-refractivity contribution is 0.206. The van der Waals surface area contributed by atoms with Crippen molar-refractivity contribution in [2.45, 2.75) is 25.9 Å². The minimum Gasteiger partial charge on any atom is -0.480 e. The summed E-state index contributed by atoms with van der Waals surface area (Å²) in [6, 6.07) is 0. The summed E-state index contributed by atoms with van der Waals surface area (Å²) in [5.41, 5.74) is 1.60.